The van der Waals surface area contributed by atoms with Crippen molar-refractivity contribution in [1.29, 1.82) is 0 Å². The zero-order chi connectivity index (χ0) is 17.9. The van der Waals surface area contributed by atoms with Gasteiger partial charge in [0.25, 0.3) is 0 Å². The highest BCUT2D eigenvalue weighted by molar-refractivity contribution is 5.75. The van der Waals surface area contributed by atoms with Crippen LogP contribution in [0.1, 0.15) is 59.1 Å². The normalized spacial score (nSPS) is 22.2. The fraction of sp³-hybridized carbons (Fsp3) is 0.579. The molecular weight excluding hydrogens is 306 g/mol. The molecule has 1 amide bonds. The fourth-order valence-electron chi connectivity index (χ4n) is 3.06. The largest absolute Gasteiger partial charge is 0.460 e. The van der Waals surface area contributed by atoms with Gasteiger partial charge in [0.2, 0.25) is 0 Å². The molecule has 1 aliphatic heterocycles. The Balaban J connectivity index is 2.20. The van der Waals surface area contributed by atoms with Crippen LogP contribution in [0.25, 0.3) is 0 Å². The van der Waals surface area contributed by atoms with Gasteiger partial charge < -0.3 is 9.47 Å². The Bertz CT molecular complexity index is 579. The van der Waals surface area contributed by atoms with E-state index < -0.39 is 5.60 Å². The first-order chi connectivity index (χ1) is 11.2. The number of nitrogens with zero attached hydrogens (tertiary/aromatic N) is 1. The highest BCUT2D eigenvalue weighted by Crippen LogP contribution is 2.33. The summed E-state index contributed by atoms with van der Waals surface area (Å²) in [6.07, 6.45) is 0.138. The summed E-state index contributed by atoms with van der Waals surface area (Å²) in [6.45, 7) is 9.42. The second-order valence-electron chi connectivity index (χ2n) is 7.18. The number of carbonyl (C=O) groups is 2. The SMILES string of the molecule is CC[C@@H]1OC(=O)N([C@H](C)c2ccccc2)[C@H]1CC(=O)OC(C)(C)C. The van der Waals surface area contributed by atoms with Gasteiger partial charge in [-0.3, -0.25) is 9.69 Å². The molecule has 24 heavy (non-hydrogen) atoms. The Hall–Kier alpha value is -2.04. The van der Waals surface area contributed by atoms with Crippen LogP contribution in [-0.4, -0.2) is 34.7 Å². The lowest BCUT2D eigenvalue weighted by Gasteiger charge is -2.30. The number of cyclic esters (lactones) is 1. The van der Waals surface area contributed by atoms with E-state index in [1.165, 1.54) is 0 Å². The molecular formula is C19H27NO4. The Labute approximate surface area is 143 Å². The summed E-state index contributed by atoms with van der Waals surface area (Å²) in [5.41, 5.74) is 0.471. The van der Waals surface area contributed by atoms with E-state index in [9.17, 15) is 9.59 Å². The van der Waals surface area contributed by atoms with Crippen molar-refractivity contribution in [2.24, 2.45) is 0 Å². The van der Waals surface area contributed by atoms with E-state index >= 15 is 0 Å². The van der Waals surface area contributed by atoms with Crippen molar-refractivity contribution < 1.29 is 19.1 Å². The minimum atomic E-state index is -0.544. The molecule has 1 saturated heterocycles. The van der Waals surface area contributed by atoms with E-state index in [1.54, 1.807) is 4.90 Å². The van der Waals surface area contributed by atoms with Gasteiger partial charge in [0.05, 0.1) is 18.5 Å². The molecule has 1 fully saturated rings. The Morgan fingerprint density at radius 2 is 1.92 bits per heavy atom. The summed E-state index contributed by atoms with van der Waals surface area (Å²) >= 11 is 0. The number of hydrogen-bond donors (Lipinski definition) is 0. The molecule has 1 aromatic carbocycles. The van der Waals surface area contributed by atoms with Crippen LogP contribution in [0.5, 0.6) is 0 Å². The molecule has 1 heterocycles. The van der Waals surface area contributed by atoms with Gasteiger partial charge >= 0.3 is 12.1 Å². The molecule has 0 spiro atoms. The molecule has 0 aromatic heterocycles. The van der Waals surface area contributed by atoms with E-state index in [2.05, 4.69) is 0 Å². The van der Waals surface area contributed by atoms with Crippen LogP contribution in [0, 0.1) is 0 Å². The van der Waals surface area contributed by atoms with E-state index in [1.807, 2.05) is 65.0 Å². The Kier molecular flexibility index (Phi) is 5.52. The van der Waals surface area contributed by atoms with Crippen LogP contribution in [0.2, 0.25) is 0 Å². The quantitative estimate of drug-likeness (QED) is 0.762. The van der Waals surface area contributed by atoms with Gasteiger partial charge in [0.1, 0.15) is 11.7 Å². The van der Waals surface area contributed by atoms with Gasteiger partial charge in [0, 0.05) is 0 Å². The van der Waals surface area contributed by atoms with Crippen LogP contribution in [-0.2, 0) is 14.3 Å². The summed E-state index contributed by atoms with van der Waals surface area (Å²) in [5, 5.41) is 0. The highest BCUT2D eigenvalue weighted by Gasteiger charge is 2.44. The lowest BCUT2D eigenvalue weighted by molar-refractivity contribution is -0.156. The number of esters is 1. The molecule has 0 bridgehead atoms. The maximum atomic E-state index is 12.4. The van der Waals surface area contributed by atoms with Gasteiger partial charge in [-0.15, -0.1) is 0 Å². The molecule has 5 heteroatoms. The number of ether oxygens (including phenoxy) is 2. The first-order valence-corrected chi connectivity index (χ1v) is 8.48. The molecule has 132 valence electrons. The smallest absolute Gasteiger partial charge is 0.411 e. The first-order valence-electron chi connectivity index (χ1n) is 8.48. The van der Waals surface area contributed by atoms with Crippen LogP contribution < -0.4 is 0 Å². The summed E-state index contributed by atoms with van der Waals surface area (Å²) < 4.78 is 10.9. The molecule has 0 N–H and O–H groups in total. The third kappa shape index (κ3) is 4.28. The lowest BCUT2D eigenvalue weighted by Crippen LogP contribution is -2.41. The van der Waals surface area contributed by atoms with Crippen molar-refractivity contribution in [1.82, 2.24) is 4.90 Å². The third-order valence-electron chi connectivity index (χ3n) is 4.15. The maximum absolute atomic E-state index is 12.4. The van der Waals surface area contributed by atoms with Crippen molar-refractivity contribution >= 4 is 12.1 Å². The Morgan fingerprint density at radius 3 is 2.46 bits per heavy atom. The zero-order valence-electron chi connectivity index (χ0n) is 15.1. The maximum Gasteiger partial charge on any atom is 0.411 e. The minimum absolute atomic E-state index is 0.138. The molecule has 0 radical (unpaired) electrons. The number of benzene rings is 1. The topological polar surface area (TPSA) is 55.8 Å². The average molecular weight is 333 g/mol. The average Bonchev–Trinajstić information content (AvgIpc) is 2.81. The highest BCUT2D eigenvalue weighted by atomic mass is 16.6. The van der Waals surface area contributed by atoms with E-state index in [-0.39, 0.29) is 36.7 Å². The second-order valence-corrected chi connectivity index (χ2v) is 7.18. The molecule has 5 nitrogen and oxygen atoms in total. The minimum Gasteiger partial charge on any atom is -0.460 e. The van der Waals surface area contributed by atoms with Gasteiger partial charge in [0.15, 0.2) is 0 Å². The lowest BCUT2D eigenvalue weighted by atomic mass is 10.00. The summed E-state index contributed by atoms with van der Waals surface area (Å²) in [4.78, 5) is 26.3. The van der Waals surface area contributed by atoms with Crippen molar-refractivity contribution in [2.45, 2.75) is 71.2 Å². The van der Waals surface area contributed by atoms with Gasteiger partial charge in [-0.05, 0) is 39.7 Å². The second kappa shape index (κ2) is 7.24. The number of rotatable bonds is 5. The molecule has 0 saturated carbocycles. The number of carbonyl (C=O) groups excluding carboxylic acids is 2. The van der Waals surface area contributed by atoms with E-state index in [0.717, 1.165) is 5.56 Å². The summed E-state index contributed by atoms with van der Waals surface area (Å²) in [6, 6.07) is 9.28. The molecule has 2 rings (SSSR count). The van der Waals surface area contributed by atoms with Gasteiger partial charge in [-0.25, -0.2) is 4.79 Å². The summed E-state index contributed by atoms with van der Waals surface area (Å²) in [7, 11) is 0. The van der Waals surface area contributed by atoms with E-state index in [0.29, 0.717) is 6.42 Å². The molecule has 1 aliphatic rings. The number of amides is 1. The first kappa shape index (κ1) is 18.3. The van der Waals surface area contributed by atoms with Crippen LogP contribution in [0.15, 0.2) is 30.3 Å². The number of hydrogen-bond acceptors (Lipinski definition) is 4. The summed E-state index contributed by atoms with van der Waals surface area (Å²) in [5.74, 6) is -0.311. The third-order valence-corrected chi connectivity index (χ3v) is 4.15. The molecule has 1 aromatic rings. The zero-order valence-corrected chi connectivity index (χ0v) is 15.1. The van der Waals surface area contributed by atoms with Crippen LogP contribution in [0.3, 0.4) is 0 Å². The van der Waals surface area contributed by atoms with Crippen molar-refractivity contribution in [3.05, 3.63) is 35.9 Å². The van der Waals surface area contributed by atoms with Crippen molar-refractivity contribution in [3.8, 4) is 0 Å². The van der Waals surface area contributed by atoms with Crippen LogP contribution in [0.4, 0.5) is 4.79 Å². The van der Waals surface area contributed by atoms with Crippen LogP contribution >= 0.6 is 0 Å². The molecule has 3 atom stereocenters. The molecule has 0 aliphatic carbocycles. The van der Waals surface area contributed by atoms with Crippen molar-refractivity contribution in [2.75, 3.05) is 0 Å². The standard InChI is InChI=1S/C19H27NO4/c1-6-16-15(12-17(21)24-19(3,4)5)20(18(22)23-16)13(2)14-10-8-7-9-11-14/h7-11,13,15-16H,6,12H2,1-5H3/t13-,15+,16+/m1/s1. The fourth-order valence-corrected chi connectivity index (χ4v) is 3.06. The molecule has 0 unspecified atom stereocenters. The monoisotopic (exact) mass is 333 g/mol. The van der Waals surface area contributed by atoms with Crippen molar-refractivity contribution in [3.63, 3.8) is 0 Å². The van der Waals surface area contributed by atoms with Gasteiger partial charge in [-0.2, -0.15) is 0 Å². The predicted octanol–water partition coefficient (Wildman–Crippen LogP) is 4.08. The van der Waals surface area contributed by atoms with Gasteiger partial charge in [-0.1, -0.05) is 37.3 Å². The Morgan fingerprint density at radius 1 is 1.29 bits per heavy atom. The van der Waals surface area contributed by atoms with E-state index in [4.69, 9.17) is 9.47 Å². The predicted molar refractivity (Wildman–Crippen MR) is 91.5 cm³/mol.